The summed E-state index contributed by atoms with van der Waals surface area (Å²) >= 11 is 5.27. The van der Waals surface area contributed by atoms with Gasteiger partial charge in [0.05, 0.1) is 6.04 Å². The van der Waals surface area contributed by atoms with Crippen LogP contribution in [0.15, 0.2) is 40.2 Å². The summed E-state index contributed by atoms with van der Waals surface area (Å²) in [5, 5.41) is 5.65. The third-order valence-corrected chi connectivity index (χ3v) is 4.77. The maximum atomic E-state index is 3.53. The van der Waals surface area contributed by atoms with Crippen molar-refractivity contribution >= 4 is 33.0 Å². The lowest BCUT2D eigenvalue weighted by Crippen LogP contribution is -2.04. The van der Waals surface area contributed by atoms with Crippen molar-refractivity contribution in [1.82, 2.24) is 0 Å². The molecule has 1 aromatic carbocycles. The fourth-order valence-corrected chi connectivity index (χ4v) is 3.39. The molecular weight excluding hydrogens is 306 g/mol. The Morgan fingerprint density at radius 2 is 2.00 bits per heavy atom. The molecule has 1 N–H and O–H groups in total. The van der Waals surface area contributed by atoms with E-state index in [2.05, 4.69) is 70.8 Å². The molecule has 1 atom stereocenters. The van der Waals surface area contributed by atoms with E-state index in [0.717, 1.165) is 10.9 Å². The molecule has 2 rings (SSSR count). The highest BCUT2D eigenvalue weighted by atomic mass is 79.9. The lowest BCUT2D eigenvalue weighted by atomic mass is 10.1. The van der Waals surface area contributed by atoms with Crippen LogP contribution in [0.5, 0.6) is 0 Å². The normalized spacial score (nSPS) is 12.4. The van der Waals surface area contributed by atoms with Crippen LogP contribution in [0.3, 0.4) is 0 Å². The molecule has 1 aromatic heterocycles. The molecule has 18 heavy (non-hydrogen) atoms. The van der Waals surface area contributed by atoms with Crippen molar-refractivity contribution < 1.29 is 0 Å². The minimum Gasteiger partial charge on any atom is -0.378 e. The Labute approximate surface area is 121 Å². The quantitative estimate of drug-likeness (QED) is 0.751. The summed E-state index contributed by atoms with van der Waals surface area (Å²) in [5.74, 6) is 0. The maximum Gasteiger partial charge on any atom is 0.0578 e. The summed E-state index contributed by atoms with van der Waals surface area (Å²) in [6.45, 7) is 4.40. The van der Waals surface area contributed by atoms with E-state index in [-0.39, 0.29) is 0 Å². The molecule has 0 saturated carbocycles. The van der Waals surface area contributed by atoms with Gasteiger partial charge in [0.15, 0.2) is 0 Å². The molecule has 96 valence electrons. The molecule has 1 nitrogen and oxygen atoms in total. The summed E-state index contributed by atoms with van der Waals surface area (Å²) in [6, 6.07) is 11.3. The summed E-state index contributed by atoms with van der Waals surface area (Å²) < 4.78 is 1.16. The van der Waals surface area contributed by atoms with Crippen molar-refractivity contribution in [1.29, 1.82) is 0 Å². The summed E-state index contributed by atoms with van der Waals surface area (Å²) in [5.41, 5.74) is 2.60. The zero-order valence-electron chi connectivity index (χ0n) is 10.7. The Morgan fingerprint density at radius 1 is 1.28 bits per heavy atom. The molecular formula is C15H18BrNS. The number of hydrogen-bond donors (Lipinski definition) is 1. The first-order valence-corrected chi connectivity index (χ1v) is 7.95. The second kappa shape index (κ2) is 6.39. The third-order valence-electron chi connectivity index (χ3n) is 2.89. The summed E-state index contributed by atoms with van der Waals surface area (Å²) in [7, 11) is 0. The first kappa shape index (κ1) is 13.6. The zero-order valence-corrected chi connectivity index (χ0v) is 13.1. The zero-order chi connectivity index (χ0) is 13.0. The van der Waals surface area contributed by atoms with Crippen LogP contribution in [0.25, 0.3) is 0 Å². The smallest absolute Gasteiger partial charge is 0.0578 e. The van der Waals surface area contributed by atoms with Crippen LogP contribution >= 0.6 is 27.3 Å². The number of aryl methyl sites for hydroxylation is 1. The molecule has 0 spiro atoms. The topological polar surface area (TPSA) is 12.0 Å². The van der Waals surface area contributed by atoms with Crippen LogP contribution in [-0.2, 0) is 6.42 Å². The van der Waals surface area contributed by atoms with Gasteiger partial charge in [-0.3, -0.25) is 0 Å². The molecule has 1 unspecified atom stereocenters. The lowest BCUT2D eigenvalue weighted by Gasteiger charge is -2.14. The fourth-order valence-electron chi connectivity index (χ4n) is 1.93. The molecule has 0 radical (unpaired) electrons. The van der Waals surface area contributed by atoms with Crippen LogP contribution in [0.4, 0.5) is 5.69 Å². The van der Waals surface area contributed by atoms with Crippen molar-refractivity contribution in [2.75, 3.05) is 5.32 Å². The van der Waals surface area contributed by atoms with Crippen molar-refractivity contribution in [3.05, 3.63) is 50.6 Å². The predicted molar refractivity (Wildman–Crippen MR) is 84.5 cm³/mol. The van der Waals surface area contributed by atoms with Crippen LogP contribution in [-0.4, -0.2) is 0 Å². The Hall–Kier alpha value is -0.800. The van der Waals surface area contributed by atoms with Gasteiger partial charge in [-0.2, -0.15) is 0 Å². The van der Waals surface area contributed by atoms with Crippen molar-refractivity contribution in [3.8, 4) is 0 Å². The molecule has 0 aliphatic rings. The van der Waals surface area contributed by atoms with E-state index in [0.29, 0.717) is 6.04 Å². The van der Waals surface area contributed by atoms with E-state index in [9.17, 15) is 0 Å². The standard InChI is InChI=1S/C15H18BrNS/c1-3-4-12-5-7-14(8-6-12)17-11(2)15-9-13(16)10-18-15/h5-11,17H,3-4H2,1-2H3. The van der Waals surface area contributed by atoms with E-state index < -0.39 is 0 Å². The van der Waals surface area contributed by atoms with Crippen LogP contribution < -0.4 is 5.32 Å². The first-order chi connectivity index (χ1) is 8.69. The highest BCUT2D eigenvalue weighted by molar-refractivity contribution is 9.10. The number of rotatable bonds is 5. The second-order valence-electron chi connectivity index (χ2n) is 4.48. The predicted octanol–water partition coefficient (Wildman–Crippen LogP) is 5.64. The first-order valence-electron chi connectivity index (χ1n) is 6.28. The molecule has 0 aliphatic carbocycles. The van der Waals surface area contributed by atoms with Gasteiger partial charge >= 0.3 is 0 Å². The minimum absolute atomic E-state index is 0.346. The average molecular weight is 324 g/mol. The summed E-state index contributed by atoms with van der Waals surface area (Å²) in [4.78, 5) is 1.35. The Morgan fingerprint density at radius 3 is 2.56 bits per heavy atom. The van der Waals surface area contributed by atoms with Crippen LogP contribution in [0.2, 0.25) is 0 Å². The highest BCUT2D eigenvalue weighted by Gasteiger charge is 2.07. The largest absolute Gasteiger partial charge is 0.378 e. The molecule has 3 heteroatoms. The lowest BCUT2D eigenvalue weighted by molar-refractivity contribution is 0.903. The summed E-state index contributed by atoms with van der Waals surface area (Å²) in [6.07, 6.45) is 2.36. The maximum absolute atomic E-state index is 3.53. The van der Waals surface area contributed by atoms with Gasteiger partial charge in [-0.05, 0) is 53.0 Å². The molecule has 0 aliphatic heterocycles. The van der Waals surface area contributed by atoms with E-state index in [4.69, 9.17) is 0 Å². The van der Waals surface area contributed by atoms with Gasteiger partial charge in [-0.1, -0.05) is 25.5 Å². The third kappa shape index (κ3) is 3.59. The molecule has 0 saturated heterocycles. The van der Waals surface area contributed by atoms with Gasteiger partial charge in [0.25, 0.3) is 0 Å². The van der Waals surface area contributed by atoms with Crippen LogP contribution in [0.1, 0.15) is 36.8 Å². The Balaban J connectivity index is 2.00. The van der Waals surface area contributed by atoms with Gasteiger partial charge < -0.3 is 5.32 Å². The van der Waals surface area contributed by atoms with Gasteiger partial charge in [0.2, 0.25) is 0 Å². The van der Waals surface area contributed by atoms with Gasteiger partial charge in [0, 0.05) is 20.4 Å². The molecule has 2 aromatic rings. The van der Waals surface area contributed by atoms with E-state index in [1.54, 1.807) is 11.3 Å². The molecule has 1 heterocycles. The SMILES string of the molecule is CCCc1ccc(NC(C)c2cc(Br)cs2)cc1. The number of anilines is 1. The molecule has 0 bridgehead atoms. The highest BCUT2D eigenvalue weighted by Crippen LogP contribution is 2.27. The van der Waals surface area contributed by atoms with E-state index in [1.165, 1.54) is 22.5 Å². The van der Waals surface area contributed by atoms with Crippen molar-refractivity contribution in [3.63, 3.8) is 0 Å². The van der Waals surface area contributed by atoms with Crippen molar-refractivity contribution in [2.45, 2.75) is 32.7 Å². The second-order valence-corrected chi connectivity index (χ2v) is 6.34. The molecule has 0 fully saturated rings. The Bertz CT molecular complexity index is 489. The molecule has 0 amide bonds. The van der Waals surface area contributed by atoms with Crippen LogP contribution in [0, 0.1) is 0 Å². The fraction of sp³-hybridized carbons (Fsp3) is 0.333. The minimum atomic E-state index is 0.346. The number of halogens is 1. The van der Waals surface area contributed by atoms with E-state index in [1.807, 2.05) is 0 Å². The number of thiophene rings is 1. The average Bonchev–Trinajstić information content (AvgIpc) is 2.79. The number of benzene rings is 1. The van der Waals surface area contributed by atoms with Gasteiger partial charge in [-0.15, -0.1) is 11.3 Å². The Kier molecular flexibility index (Phi) is 4.84. The monoisotopic (exact) mass is 323 g/mol. The number of nitrogens with one attached hydrogen (secondary N) is 1. The van der Waals surface area contributed by atoms with Gasteiger partial charge in [0.1, 0.15) is 0 Å². The van der Waals surface area contributed by atoms with E-state index >= 15 is 0 Å². The van der Waals surface area contributed by atoms with Gasteiger partial charge in [-0.25, -0.2) is 0 Å². The number of hydrogen-bond acceptors (Lipinski definition) is 2. The van der Waals surface area contributed by atoms with Crippen molar-refractivity contribution in [2.24, 2.45) is 0 Å².